The fraction of sp³-hybridized carbons (Fsp3) is 0. The van der Waals surface area contributed by atoms with E-state index in [1.807, 2.05) is 42.9 Å². The first kappa shape index (κ1) is 47.8. The van der Waals surface area contributed by atoms with Gasteiger partial charge in [-0.1, -0.05) is 243 Å². The Labute approximate surface area is 466 Å². The number of benzene rings is 11. The van der Waals surface area contributed by atoms with Crippen molar-refractivity contribution in [1.29, 1.82) is 0 Å². The smallest absolute Gasteiger partial charge is 0.0786 e. The van der Waals surface area contributed by atoms with Crippen molar-refractivity contribution in [1.82, 2.24) is 15.0 Å². The van der Waals surface area contributed by atoms with Gasteiger partial charge in [-0.25, -0.2) is 0 Å². The van der Waals surface area contributed by atoms with Crippen molar-refractivity contribution in [2.75, 3.05) is 0 Å². The third-order valence-corrected chi connectivity index (χ3v) is 15.5. The largest absolute Gasteiger partial charge is 0.256 e. The number of fused-ring (bicyclic) bond motifs is 3. The van der Waals surface area contributed by atoms with Gasteiger partial charge in [0.15, 0.2) is 0 Å². The quantitative estimate of drug-likeness (QED) is 0.121. The fourth-order valence-electron chi connectivity index (χ4n) is 11.6. The lowest BCUT2D eigenvalue weighted by Gasteiger charge is -2.20. The summed E-state index contributed by atoms with van der Waals surface area (Å²) in [6.45, 7) is 0. The summed E-state index contributed by atoms with van der Waals surface area (Å²) >= 11 is 0. The van der Waals surface area contributed by atoms with Crippen LogP contribution in [0.15, 0.2) is 310 Å². The second-order valence-electron chi connectivity index (χ2n) is 20.2. The minimum absolute atomic E-state index is 0.954. The molecule has 3 heteroatoms. The summed E-state index contributed by atoms with van der Waals surface area (Å²) < 4.78 is 0. The van der Waals surface area contributed by atoms with Crippen molar-refractivity contribution in [3.8, 4) is 123 Å². The Kier molecular flexibility index (Phi) is 12.6. The SMILES string of the molecule is c1ccc(-c2ccc(-c3ccnc4c3ccc3c(-c5ccccc5)c(-c5ccccc5-c5cc(-c6ccccc6-c6ccc(-c7ccccn7)cc6)cc(-c6ccccc6-c6ccc(-c7ccccn7)cc6)c5)ccc34)cc2)cc1. The van der Waals surface area contributed by atoms with Gasteiger partial charge in [0.1, 0.15) is 0 Å². The molecule has 0 bridgehead atoms. The first-order chi connectivity index (χ1) is 39.7. The van der Waals surface area contributed by atoms with Crippen LogP contribution >= 0.6 is 0 Å². The molecule has 0 unspecified atom stereocenters. The maximum Gasteiger partial charge on any atom is 0.0786 e. The molecule has 3 nitrogen and oxygen atoms in total. The van der Waals surface area contributed by atoms with Gasteiger partial charge in [0, 0.05) is 40.5 Å². The molecule has 0 radical (unpaired) electrons. The normalized spacial score (nSPS) is 11.2. The Balaban J connectivity index is 0.938. The first-order valence-corrected chi connectivity index (χ1v) is 27.2. The number of pyridine rings is 3. The van der Waals surface area contributed by atoms with E-state index in [1.165, 1.54) is 16.7 Å². The van der Waals surface area contributed by atoms with Gasteiger partial charge in [0.25, 0.3) is 0 Å². The topological polar surface area (TPSA) is 38.7 Å². The van der Waals surface area contributed by atoms with Crippen LogP contribution in [-0.4, -0.2) is 15.0 Å². The van der Waals surface area contributed by atoms with Crippen LogP contribution in [0.25, 0.3) is 144 Å². The van der Waals surface area contributed by atoms with Crippen LogP contribution in [0.3, 0.4) is 0 Å². The average molecular weight is 1020 g/mol. The highest BCUT2D eigenvalue weighted by atomic mass is 14.7. The van der Waals surface area contributed by atoms with E-state index in [9.17, 15) is 0 Å². The van der Waals surface area contributed by atoms with Crippen LogP contribution in [-0.2, 0) is 0 Å². The number of hydrogen-bond donors (Lipinski definition) is 0. The number of hydrogen-bond acceptors (Lipinski definition) is 3. The van der Waals surface area contributed by atoms with Crippen LogP contribution in [0.2, 0.25) is 0 Å². The molecule has 0 amide bonds. The highest BCUT2D eigenvalue weighted by Crippen LogP contribution is 2.47. The third-order valence-electron chi connectivity index (χ3n) is 15.5. The van der Waals surface area contributed by atoms with Crippen LogP contribution in [0.5, 0.6) is 0 Å². The highest BCUT2D eigenvalue weighted by molar-refractivity contribution is 6.16. The molecule has 3 heterocycles. The van der Waals surface area contributed by atoms with Crippen molar-refractivity contribution >= 4 is 21.7 Å². The third kappa shape index (κ3) is 9.13. The van der Waals surface area contributed by atoms with Gasteiger partial charge in [-0.3, -0.25) is 15.0 Å². The van der Waals surface area contributed by atoms with Gasteiger partial charge in [-0.2, -0.15) is 0 Å². The molecule has 14 aromatic rings. The zero-order valence-corrected chi connectivity index (χ0v) is 43.8. The van der Waals surface area contributed by atoms with Crippen LogP contribution < -0.4 is 0 Å². The Morgan fingerprint density at radius 2 is 0.550 bits per heavy atom. The van der Waals surface area contributed by atoms with Gasteiger partial charge < -0.3 is 0 Å². The Morgan fingerprint density at radius 1 is 0.175 bits per heavy atom. The molecule has 0 spiro atoms. The van der Waals surface area contributed by atoms with Crippen molar-refractivity contribution in [2.45, 2.75) is 0 Å². The summed E-state index contributed by atoms with van der Waals surface area (Å²) in [6.07, 6.45) is 5.66. The van der Waals surface area contributed by atoms with E-state index < -0.39 is 0 Å². The summed E-state index contributed by atoms with van der Waals surface area (Å²) in [7, 11) is 0. The lowest BCUT2D eigenvalue weighted by Crippen LogP contribution is -1.94. The molecule has 3 aromatic heterocycles. The molecular formula is C77H51N3. The van der Waals surface area contributed by atoms with E-state index in [0.29, 0.717) is 0 Å². The molecular weight excluding hydrogens is 967 g/mol. The van der Waals surface area contributed by atoms with Crippen LogP contribution in [0.4, 0.5) is 0 Å². The molecule has 0 aliphatic carbocycles. The van der Waals surface area contributed by atoms with Gasteiger partial charge in [-0.15, -0.1) is 0 Å². The van der Waals surface area contributed by atoms with E-state index >= 15 is 0 Å². The van der Waals surface area contributed by atoms with Crippen molar-refractivity contribution in [3.05, 3.63) is 310 Å². The molecule has 0 N–H and O–H groups in total. The predicted octanol–water partition coefficient (Wildman–Crippen LogP) is 20.5. The predicted molar refractivity (Wildman–Crippen MR) is 335 cm³/mol. The van der Waals surface area contributed by atoms with E-state index in [4.69, 9.17) is 4.98 Å². The summed E-state index contributed by atoms with van der Waals surface area (Å²) in [5, 5.41) is 3.39. The maximum atomic E-state index is 5.13. The van der Waals surface area contributed by atoms with Crippen molar-refractivity contribution in [2.24, 2.45) is 0 Å². The number of rotatable bonds is 11. The standard InChI is InChI=1S/C77H51N3/c1-3-17-52(18-4-1)53-29-31-56(32-30-53)68-45-48-80-77-72(68)43-42-71-73(77)44-41-70(76(71)59-19-5-2-6-20-59)69-26-12-11-25-67(69)62-50-60(65-23-9-7-21-63(65)54-33-37-57(38-34-54)74-27-13-15-46-78-74)49-61(51-62)66-24-10-8-22-64(66)55-35-39-58(40-36-55)75-28-14-16-47-79-75/h1-51H. The molecule has 0 saturated carbocycles. The Bertz CT molecular complexity index is 4370. The van der Waals surface area contributed by atoms with E-state index in [2.05, 4.69) is 277 Å². The zero-order valence-electron chi connectivity index (χ0n) is 43.8. The maximum absolute atomic E-state index is 5.13. The second-order valence-corrected chi connectivity index (χ2v) is 20.2. The first-order valence-electron chi connectivity index (χ1n) is 27.2. The molecule has 0 aliphatic rings. The minimum atomic E-state index is 0.954. The van der Waals surface area contributed by atoms with Gasteiger partial charge in [0.2, 0.25) is 0 Å². The van der Waals surface area contributed by atoms with E-state index in [0.717, 1.165) is 128 Å². The summed E-state index contributed by atoms with van der Waals surface area (Å²) in [6, 6.07) is 105. The molecule has 80 heavy (non-hydrogen) atoms. The molecule has 11 aromatic carbocycles. The lowest BCUT2D eigenvalue weighted by molar-refractivity contribution is 1.33. The monoisotopic (exact) mass is 1020 g/mol. The van der Waals surface area contributed by atoms with Gasteiger partial charge in [-0.05, 0) is 154 Å². The summed E-state index contributed by atoms with van der Waals surface area (Å²) in [4.78, 5) is 14.4. The van der Waals surface area contributed by atoms with Crippen LogP contribution in [0.1, 0.15) is 0 Å². The molecule has 14 rings (SSSR count). The van der Waals surface area contributed by atoms with Gasteiger partial charge >= 0.3 is 0 Å². The lowest BCUT2D eigenvalue weighted by atomic mass is 9.83. The number of aromatic nitrogens is 3. The van der Waals surface area contributed by atoms with Crippen molar-refractivity contribution in [3.63, 3.8) is 0 Å². The molecule has 0 atom stereocenters. The summed E-state index contributed by atoms with van der Waals surface area (Å²) in [5.41, 5.74) is 25.8. The zero-order chi connectivity index (χ0) is 53.2. The molecule has 0 fully saturated rings. The molecule has 0 aliphatic heterocycles. The highest BCUT2D eigenvalue weighted by Gasteiger charge is 2.21. The second kappa shape index (κ2) is 21.1. The fourth-order valence-corrected chi connectivity index (χ4v) is 11.6. The van der Waals surface area contributed by atoms with Crippen molar-refractivity contribution < 1.29 is 0 Å². The average Bonchev–Trinajstić information content (AvgIpc) is 3.70. The van der Waals surface area contributed by atoms with Gasteiger partial charge in [0.05, 0.1) is 16.9 Å². The van der Waals surface area contributed by atoms with E-state index in [1.54, 1.807) is 0 Å². The Hall–Kier alpha value is -10.6. The van der Waals surface area contributed by atoms with Crippen LogP contribution in [0, 0.1) is 0 Å². The molecule has 0 saturated heterocycles. The number of nitrogens with zero attached hydrogens (tertiary/aromatic N) is 3. The van der Waals surface area contributed by atoms with E-state index in [-0.39, 0.29) is 0 Å². The molecule has 374 valence electrons. The summed E-state index contributed by atoms with van der Waals surface area (Å²) in [5.74, 6) is 0. The Morgan fingerprint density at radius 3 is 1.05 bits per heavy atom. The minimum Gasteiger partial charge on any atom is -0.256 e.